The van der Waals surface area contributed by atoms with Gasteiger partial charge in [-0.25, -0.2) is 0 Å². The smallest absolute Gasteiger partial charge is 0.120 e. The Morgan fingerprint density at radius 2 is 2.27 bits per heavy atom. The molecule has 0 amide bonds. The van der Waals surface area contributed by atoms with Crippen LogP contribution in [0.1, 0.15) is 18.1 Å². The average Bonchev–Trinajstić information content (AvgIpc) is 2.04. The molecule has 0 saturated heterocycles. The predicted molar refractivity (Wildman–Crippen MR) is 42.2 cm³/mol. The maximum absolute atomic E-state index is 9.27. The van der Waals surface area contributed by atoms with Crippen molar-refractivity contribution in [3.8, 4) is 11.8 Å². The van der Waals surface area contributed by atoms with Crippen molar-refractivity contribution in [2.24, 2.45) is 0 Å². The van der Waals surface area contributed by atoms with E-state index in [-0.39, 0.29) is 5.75 Å². The minimum absolute atomic E-state index is 0.214. The number of rotatable bonds is 1. The van der Waals surface area contributed by atoms with Gasteiger partial charge < -0.3 is 5.11 Å². The molecule has 1 aromatic rings. The number of phenolic OH excluding ortho intramolecular Hbond substituents is 1. The molecule has 11 heavy (non-hydrogen) atoms. The van der Waals surface area contributed by atoms with Crippen LogP contribution in [0.3, 0.4) is 0 Å². The number of phenols is 1. The van der Waals surface area contributed by atoms with E-state index in [1.54, 1.807) is 12.1 Å². The van der Waals surface area contributed by atoms with Gasteiger partial charge in [-0.15, -0.1) is 0 Å². The molecule has 1 rings (SSSR count). The van der Waals surface area contributed by atoms with Crippen LogP contribution in [0, 0.1) is 11.3 Å². The van der Waals surface area contributed by atoms with E-state index in [1.165, 1.54) is 6.07 Å². The Labute approximate surface area is 65.7 Å². The van der Waals surface area contributed by atoms with Crippen LogP contribution in [0.4, 0.5) is 0 Å². The number of hydrogen-bond acceptors (Lipinski definition) is 2. The second kappa shape index (κ2) is 3.07. The zero-order valence-corrected chi connectivity index (χ0v) is 6.33. The molecule has 0 aliphatic heterocycles. The van der Waals surface area contributed by atoms with Gasteiger partial charge in [-0.05, 0) is 24.1 Å². The fourth-order valence-corrected chi connectivity index (χ4v) is 0.932. The third kappa shape index (κ3) is 1.50. The van der Waals surface area contributed by atoms with Gasteiger partial charge in [-0.3, -0.25) is 0 Å². The summed E-state index contributed by atoms with van der Waals surface area (Å²) < 4.78 is 0. The molecule has 0 unspecified atom stereocenters. The standard InChI is InChI=1S/C9H9NO/c1-2-8-4-3-7(6-10)5-9(8)11/h3-5,11H,2H2,1H3. The summed E-state index contributed by atoms with van der Waals surface area (Å²) in [5.74, 6) is 0.214. The number of nitriles is 1. The van der Waals surface area contributed by atoms with Crippen molar-refractivity contribution >= 4 is 0 Å². The number of nitrogens with zero attached hydrogens (tertiary/aromatic N) is 1. The molecule has 56 valence electrons. The van der Waals surface area contributed by atoms with Gasteiger partial charge in [0, 0.05) is 0 Å². The minimum atomic E-state index is 0.214. The number of aromatic hydroxyl groups is 1. The maximum atomic E-state index is 9.27. The first kappa shape index (κ1) is 7.62. The summed E-state index contributed by atoms with van der Waals surface area (Å²) in [4.78, 5) is 0. The summed E-state index contributed by atoms with van der Waals surface area (Å²) in [7, 11) is 0. The van der Waals surface area contributed by atoms with Gasteiger partial charge >= 0.3 is 0 Å². The predicted octanol–water partition coefficient (Wildman–Crippen LogP) is 1.83. The highest BCUT2D eigenvalue weighted by molar-refractivity contribution is 5.41. The van der Waals surface area contributed by atoms with E-state index in [1.807, 2.05) is 13.0 Å². The van der Waals surface area contributed by atoms with Crippen molar-refractivity contribution < 1.29 is 5.11 Å². The van der Waals surface area contributed by atoms with Gasteiger partial charge in [0.1, 0.15) is 5.75 Å². The highest BCUT2D eigenvalue weighted by atomic mass is 16.3. The second-order valence-electron chi connectivity index (χ2n) is 2.31. The Kier molecular flexibility index (Phi) is 2.12. The molecule has 2 nitrogen and oxygen atoms in total. The van der Waals surface area contributed by atoms with Crippen molar-refractivity contribution in [2.45, 2.75) is 13.3 Å². The fraction of sp³-hybridized carbons (Fsp3) is 0.222. The molecule has 0 spiro atoms. The third-order valence-corrected chi connectivity index (χ3v) is 1.60. The molecule has 0 atom stereocenters. The molecule has 1 N–H and O–H groups in total. The highest BCUT2D eigenvalue weighted by Crippen LogP contribution is 2.18. The van der Waals surface area contributed by atoms with E-state index >= 15 is 0 Å². The second-order valence-corrected chi connectivity index (χ2v) is 2.31. The monoisotopic (exact) mass is 147 g/mol. The van der Waals surface area contributed by atoms with Crippen LogP contribution < -0.4 is 0 Å². The van der Waals surface area contributed by atoms with E-state index < -0.39 is 0 Å². The van der Waals surface area contributed by atoms with Gasteiger partial charge in [-0.2, -0.15) is 5.26 Å². The van der Waals surface area contributed by atoms with Crippen molar-refractivity contribution in [3.63, 3.8) is 0 Å². The first-order valence-corrected chi connectivity index (χ1v) is 3.50. The van der Waals surface area contributed by atoms with E-state index in [0.29, 0.717) is 5.56 Å². The van der Waals surface area contributed by atoms with Crippen LogP contribution in [0.5, 0.6) is 5.75 Å². The maximum Gasteiger partial charge on any atom is 0.120 e. The SMILES string of the molecule is CCc1ccc(C#N)cc1O. The number of benzene rings is 1. The van der Waals surface area contributed by atoms with Crippen LogP contribution >= 0.6 is 0 Å². The van der Waals surface area contributed by atoms with Gasteiger partial charge in [-0.1, -0.05) is 13.0 Å². The largest absolute Gasteiger partial charge is 0.508 e. The zero-order valence-electron chi connectivity index (χ0n) is 6.33. The molecule has 2 heteroatoms. The molecule has 1 aromatic carbocycles. The molecule has 0 saturated carbocycles. The zero-order chi connectivity index (χ0) is 8.27. The van der Waals surface area contributed by atoms with Crippen LogP contribution in [-0.2, 0) is 6.42 Å². The molecule has 0 radical (unpaired) electrons. The summed E-state index contributed by atoms with van der Waals surface area (Å²) in [5, 5.41) is 17.7. The van der Waals surface area contributed by atoms with Gasteiger partial charge in [0.25, 0.3) is 0 Å². The van der Waals surface area contributed by atoms with Gasteiger partial charge in [0.05, 0.1) is 11.6 Å². The molecule has 0 aliphatic carbocycles. The number of hydrogen-bond donors (Lipinski definition) is 1. The van der Waals surface area contributed by atoms with Crippen molar-refractivity contribution in [2.75, 3.05) is 0 Å². The third-order valence-electron chi connectivity index (χ3n) is 1.60. The van der Waals surface area contributed by atoms with Crippen molar-refractivity contribution in [1.82, 2.24) is 0 Å². The van der Waals surface area contributed by atoms with Crippen LogP contribution in [0.15, 0.2) is 18.2 Å². The molecular formula is C9H9NO. The lowest BCUT2D eigenvalue weighted by molar-refractivity contribution is 0.468. The minimum Gasteiger partial charge on any atom is -0.508 e. The first-order chi connectivity index (χ1) is 5.27. The van der Waals surface area contributed by atoms with E-state index in [2.05, 4.69) is 0 Å². The highest BCUT2D eigenvalue weighted by Gasteiger charge is 1.98. The molecule has 0 aromatic heterocycles. The van der Waals surface area contributed by atoms with Crippen LogP contribution in [0.2, 0.25) is 0 Å². The van der Waals surface area contributed by atoms with Gasteiger partial charge in [0.2, 0.25) is 0 Å². The molecule has 0 heterocycles. The Balaban J connectivity index is 3.12. The Morgan fingerprint density at radius 3 is 2.73 bits per heavy atom. The normalized spacial score (nSPS) is 9.09. The lowest BCUT2D eigenvalue weighted by Crippen LogP contribution is -1.82. The first-order valence-electron chi connectivity index (χ1n) is 3.50. The Bertz CT molecular complexity index is 299. The summed E-state index contributed by atoms with van der Waals surface area (Å²) in [6, 6.07) is 6.92. The van der Waals surface area contributed by atoms with Crippen molar-refractivity contribution in [3.05, 3.63) is 29.3 Å². The van der Waals surface area contributed by atoms with Crippen LogP contribution in [-0.4, -0.2) is 5.11 Å². The topological polar surface area (TPSA) is 44.0 Å². The summed E-state index contributed by atoms with van der Waals surface area (Å²) in [6.07, 6.45) is 0.789. The van der Waals surface area contributed by atoms with Crippen LogP contribution in [0.25, 0.3) is 0 Å². The number of aryl methyl sites for hydroxylation is 1. The van der Waals surface area contributed by atoms with E-state index in [9.17, 15) is 5.11 Å². The quantitative estimate of drug-likeness (QED) is 0.658. The average molecular weight is 147 g/mol. The summed E-state index contributed by atoms with van der Waals surface area (Å²) in [6.45, 7) is 1.96. The fourth-order valence-electron chi connectivity index (χ4n) is 0.932. The molecule has 0 fully saturated rings. The van der Waals surface area contributed by atoms with Gasteiger partial charge in [0.15, 0.2) is 0 Å². The molecule has 0 aliphatic rings. The van der Waals surface area contributed by atoms with E-state index in [4.69, 9.17) is 5.26 Å². The summed E-state index contributed by atoms with van der Waals surface area (Å²) in [5.41, 5.74) is 1.38. The Morgan fingerprint density at radius 1 is 1.55 bits per heavy atom. The van der Waals surface area contributed by atoms with E-state index in [0.717, 1.165) is 12.0 Å². The molecular weight excluding hydrogens is 138 g/mol. The lowest BCUT2D eigenvalue weighted by Gasteiger charge is -1.99. The van der Waals surface area contributed by atoms with Crippen molar-refractivity contribution in [1.29, 1.82) is 5.26 Å². The molecule has 0 bridgehead atoms. The Hall–Kier alpha value is -1.49. The summed E-state index contributed by atoms with van der Waals surface area (Å²) >= 11 is 0. The lowest BCUT2D eigenvalue weighted by atomic mass is 10.1.